The molecule has 0 saturated heterocycles. The number of amides is 1. The number of methoxy groups -OCH3 is 3. The number of benzene rings is 2. The smallest absolute Gasteiger partial charge is 0.231 e. The molecule has 1 aliphatic rings. The number of fused-ring (bicyclic) bond motifs is 1. The molecule has 1 heterocycles. The van der Waals surface area contributed by atoms with Crippen LogP contribution < -0.4 is 19.1 Å². The highest BCUT2D eigenvalue weighted by molar-refractivity contribution is 5.96. The quantitative estimate of drug-likeness (QED) is 0.819. The first kappa shape index (κ1) is 18.1. The lowest BCUT2D eigenvalue weighted by Crippen LogP contribution is -2.37. The van der Waals surface area contributed by atoms with Gasteiger partial charge in [0.2, 0.25) is 11.7 Å². The van der Waals surface area contributed by atoms with Gasteiger partial charge in [-0.2, -0.15) is 0 Å². The van der Waals surface area contributed by atoms with E-state index in [-0.39, 0.29) is 12.3 Å². The first-order chi connectivity index (χ1) is 12.6. The van der Waals surface area contributed by atoms with Crippen LogP contribution in [0.25, 0.3) is 0 Å². The molecular formula is C21H25NO4. The molecule has 2 aromatic rings. The first-order valence-corrected chi connectivity index (χ1v) is 8.77. The largest absolute Gasteiger partial charge is 0.493 e. The van der Waals surface area contributed by atoms with Gasteiger partial charge in [-0.3, -0.25) is 4.79 Å². The molecule has 2 aromatic carbocycles. The molecule has 1 amide bonds. The van der Waals surface area contributed by atoms with Crippen LogP contribution in [-0.2, 0) is 11.2 Å². The molecule has 5 nitrogen and oxygen atoms in total. The van der Waals surface area contributed by atoms with Gasteiger partial charge < -0.3 is 19.1 Å². The summed E-state index contributed by atoms with van der Waals surface area (Å²) < 4.78 is 16.2. The van der Waals surface area contributed by atoms with Crippen LogP contribution in [0, 0.1) is 0 Å². The van der Waals surface area contributed by atoms with E-state index in [1.165, 1.54) is 5.56 Å². The third-order valence-electron chi connectivity index (χ3n) is 4.97. The van der Waals surface area contributed by atoms with E-state index in [4.69, 9.17) is 14.2 Å². The molecule has 3 rings (SSSR count). The standard InChI is InChI=1S/C21H25NO4/c1-14-11-12-22(17-8-6-5-7-16(14)17)19(23)13-15-9-10-18(24-2)21(26-4)20(15)25-3/h5-10,14H,11-13H2,1-4H3. The van der Waals surface area contributed by atoms with Gasteiger partial charge in [0.25, 0.3) is 0 Å². The van der Waals surface area contributed by atoms with E-state index in [2.05, 4.69) is 13.0 Å². The molecule has 138 valence electrons. The molecular weight excluding hydrogens is 330 g/mol. The fraction of sp³-hybridized carbons (Fsp3) is 0.381. The predicted octanol–water partition coefficient (Wildman–Crippen LogP) is 3.80. The van der Waals surface area contributed by atoms with Crippen molar-refractivity contribution in [2.75, 3.05) is 32.8 Å². The van der Waals surface area contributed by atoms with Gasteiger partial charge in [0.05, 0.1) is 27.8 Å². The van der Waals surface area contributed by atoms with E-state index in [0.29, 0.717) is 23.2 Å². The number of carbonyl (C=O) groups excluding carboxylic acids is 1. The molecule has 26 heavy (non-hydrogen) atoms. The van der Waals surface area contributed by atoms with Crippen LogP contribution in [0.1, 0.15) is 30.4 Å². The van der Waals surface area contributed by atoms with Crippen molar-refractivity contribution in [2.24, 2.45) is 0 Å². The van der Waals surface area contributed by atoms with Crippen molar-refractivity contribution < 1.29 is 19.0 Å². The van der Waals surface area contributed by atoms with Gasteiger partial charge in [-0.25, -0.2) is 0 Å². The van der Waals surface area contributed by atoms with Crippen LogP contribution in [0.3, 0.4) is 0 Å². The Morgan fingerprint density at radius 1 is 1.04 bits per heavy atom. The Balaban J connectivity index is 1.91. The lowest BCUT2D eigenvalue weighted by atomic mass is 9.91. The van der Waals surface area contributed by atoms with E-state index in [1.54, 1.807) is 27.4 Å². The van der Waals surface area contributed by atoms with E-state index < -0.39 is 0 Å². The van der Waals surface area contributed by atoms with Gasteiger partial charge in [0.1, 0.15) is 0 Å². The van der Waals surface area contributed by atoms with Crippen molar-refractivity contribution in [1.29, 1.82) is 0 Å². The summed E-state index contributed by atoms with van der Waals surface area (Å²) in [5.41, 5.74) is 3.02. The molecule has 0 N–H and O–H groups in total. The number of carbonyl (C=O) groups is 1. The molecule has 0 spiro atoms. The minimum Gasteiger partial charge on any atom is -0.493 e. The van der Waals surface area contributed by atoms with Gasteiger partial charge in [0, 0.05) is 17.8 Å². The summed E-state index contributed by atoms with van der Waals surface area (Å²) in [7, 11) is 4.71. The molecule has 1 aliphatic heterocycles. The maximum Gasteiger partial charge on any atom is 0.231 e. The summed E-state index contributed by atoms with van der Waals surface area (Å²) in [6, 6.07) is 11.8. The molecule has 0 aliphatic carbocycles. The van der Waals surface area contributed by atoms with E-state index in [9.17, 15) is 4.79 Å². The average molecular weight is 355 g/mol. The number of hydrogen-bond donors (Lipinski definition) is 0. The van der Waals surface area contributed by atoms with Gasteiger partial charge in [-0.15, -0.1) is 0 Å². The fourth-order valence-corrected chi connectivity index (χ4v) is 3.57. The number of nitrogens with zero attached hydrogens (tertiary/aromatic N) is 1. The summed E-state index contributed by atoms with van der Waals surface area (Å²) in [6.45, 7) is 2.94. The minimum absolute atomic E-state index is 0.0508. The minimum atomic E-state index is 0.0508. The van der Waals surface area contributed by atoms with Gasteiger partial charge in [-0.1, -0.05) is 31.2 Å². The van der Waals surface area contributed by atoms with Gasteiger partial charge in [0.15, 0.2) is 11.5 Å². The van der Waals surface area contributed by atoms with Crippen molar-refractivity contribution in [3.63, 3.8) is 0 Å². The first-order valence-electron chi connectivity index (χ1n) is 8.77. The number of ether oxygens (including phenoxy) is 3. The van der Waals surface area contributed by atoms with Crippen LogP contribution >= 0.6 is 0 Å². The second-order valence-electron chi connectivity index (χ2n) is 6.46. The highest BCUT2D eigenvalue weighted by Gasteiger charge is 2.27. The zero-order chi connectivity index (χ0) is 18.7. The van der Waals surface area contributed by atoms with E-state index in [1.807, 2.05) is 29.2 Å². The Kier molecular flexibility index (Phi) is 5.35. The van der Waals surface area contributed by atoms with Crippen LogP contribution in [0.15, 0.2) is 36.4 Å². The second kappa shape index (κ2) is 7.68. The monoisotopic (exact) mass is 355 g/mol. The third kappa shape index (κ3) is 3.21. The number of anilines is 1. The molecule has 0 bridgehead atoms. The zero-order valence-corrected chi connectivity index (χ0v) is 15.7. The normalized spacial score (nSPS) is 16.0. The second-order valence-corrected chi connectivity index (χ2v) is 6.46. The Morgan fingerprint density at radius 3 is 2.46 bits per heavy atom. The molecule has 0 saturated carbocycles. The van der Waals surface area contributed by atoms with Crippen LogP contribution in [0.5, 0.6) is 17.2 Å². The van der Waals surface area contributed by atoms with Gasteiger partial charge >= 0.3 is 0 Å². The lowest BCUT2D eigenvalue weighted by Gasteiger charge is -2.33. The van der Waals surface area contributed by atoms with Crippen LogP contribution in [0.4, 0.5) is 5.69 Å². The fourth-order valence-electron chi connectivity index (χ4n) is 3.57. The Hall–Kier alpha value is -2.69. The maximum absolute atomic E-state index is 13.1. The molecule has 0 aromatic heterocycles. The zero-order valence-electron chi connectivity index (χ0n) is 15.7. The molecule has 0 radical (unpaired) electrons. The molecule has 1 unspecified atom stereocenters. The van der Waals surface area contributed by atoms with Crippen molar-refractivity contribution >= 4 is 11.6 Å². The number of para-hydroxylation sites is 1. The lowest BCUT2D eigenvalue weighted by molar-refractivity contribution is -0.118. The SMILES string of the molecule is COc1ccc(CC(=O)N2CCC(C)c3ccccc32)c(OC)c1OC. The summed E-state index contributed by atoms with van der Waals surface area (Å²) in [4.78, 5) is 14.9. The molecule has 0 fully saturated rings. The van der Waals surface area contributed by atoms with Crippen molar-refractivity contribution in [3.8, 4) is 17.2 Å². The van der Waals surface area contributed by atoms with E-state index >= 15 is 0 Å². The topological polar surface area (TPSA) is 48.0 Å². The highest BCUT2D eigenvalue weighted by Crippen LogP contribution is 2.41. The van der Waals surface area contributed by atoms with Crippen LogP contribution in [-0.4, -0.2) is 33.8 Å². The predicted molar refractivity (Wildman–Crippen MR) is 102 cm³/mol. The Labute approximate surface area is 154 Å². The summed E-state index contributed by atoms with van der Waals surface area (Å²) >= 11 is 0. The Morgan fingerprint density at radius 2 is 1.77 bits per heavy atom. The van der Waals surface area contributed by atoms with Crippen molar-refractivity contribution in [2.45, 2.75) is 25.7 Å². The molecule has 5 heteroatoms. The molecule has 1 atom stereocenters. The van der Waals surface area contributed by atoms with Crippen molar-refractivity contribution in [1.82, 2.24) is 0 Å². The van der Waals surface area contributed by atoms with Crippen molar-refractivity contribution in [3.05, 3.63) is 47.5 Å². The van der Waals surface area contributed by atoms with E-state index in [0.717, 1.165) is 24.2 Å². The Bertz CT molecular complexity index is 803. The van der Waals surface area contributed by atoms with Gasteiger partial charge in [-0.05, 0) is 30.0 Å². The summed E-state index contributed by atoms with van der Waals surface area (Å²) in [6.07, 6.45) is 1.21. The third-order valence-corrected chi connectivity index (χ3v) is 4.97. The summed E-state index contributed by atoms with van der Waals surface area (Å²) in [5.74, 6) is 2.14. The average Bonchev–Trinajstić information content (AvgIpc) is 2.67. The number of rotatable bonds is 5. The van der Waals surface area contributed by atoms with Crippen LogP contribution in [0.2, 0.25) is 0 Å². The number of hydrogen-bond acceptors (Lipinski definition) is 4. The summed E-state index contributed by atoms with van der Waals surface area (Å²) in [5, 5.41) is 0. The highest BCUT2D eigenvalue weighted by atomic mass is 16.5. The maximum atomic E-state index is 13.1.